The van der Waals surface area contributed by atoms with Crippen LogP contribution in [0.5, 0.6) is 0 Å². The van der Waals surface area contributed by atoms with Gasteiger partial charge in [0.25, 0.3) is 0 Å². The Kier molecular flexibility index (Phi) is 2.95. The van der Waals surface area contributed by atoms with E-state index >= 15 is 0 Å². The Morgan fingerprint density at radius 2 is 1.94 bits per heavy atom. The number of rotatable bonds is 3. The SMILES string of the molecule is Cc1ccc(-n2cc(CC(=O)O)c(C)n2)cc1. The zero-order valence-corrected chi connectivity index (χ0v) is 9.84. The number of carboxylic acid groups (broad SMARTS) is 1. The quantitative estimate of drug-likeness (QED) is 0.878. The minimum absolute atomic E-state index is 0.0116. The first-order valence-electron chi connectivity index (χ1n) is 5.40. The monoisotopic (exact) mass is 230 g/mol. The van der Waals surface area contributed by atoms with Crippen LogP contribution in [0.4, 0.5) is 0 Å². The largest absolute Gasteiger partial charge is 0.481 e. The highest BCUT2D eigenvalue weighted by Crippen LogP contribution is 2.13. The van der Waals surface area contributed by atoms with E-state index in [-0.39, 0.29) is 6.42 Å². The van der Waals surface area contributed by atoms with Crippen molar-refractivity contribution in [2.45, 2.75) is 20.3 Å². The molecule has 0 atom stereocenters. The van der Waals surface area contributed by atoms with Gasteiger partial charge in [0.05, 0.1) is 17.8 Å². The van der Waals surface area contributed by atoms with Crippen LogP contribution in [0, 0.1) is 13.8 Å². The van der Waals surface area contributed by atoms with E-state index < -0.39 is 5.97 Å². The number of nitrogens with zero attached hydrogens (tertiary/aromatic N) is 2. The molecule has 0 unspecified atom stereocenters. The van der Waals surface area contributed by atoms with Crippen LogP contribution >= 0.6 is 0 Å². The van der Waals surface area contributed by atoms with Crippen LogP contribution in [0.15, 0.2) is 30.5 Å². The summed E-state index contributed by atoms with van der Waals surface area (Å²) in [6, 6.07) is 7.94. The molecule has 0 saturated heterocycles. The van der Waals surface area contributed by atoms with E-state index in [0.29, 0.717) is 0 Å². The number of benzene rings is 1. The maximum absolute atomic E-state index is 10.7. The highest BCUT2D eigenvalue weighted by molar-refractivity contribution is 5.70. The van der Waals surface area contributed by atoms with Crippen molar-refractivity contribution in [1.29, 1.82) is 0 Å². The molecule has 0 fully saturated rings. The normalized spacial score (nSPS) is 10.5. The molecule has 2 aromatic rings. The zero-order valence-electron chi connectivity index (χ0n) is 9.84. The van der Waals surface area contributed by atoms with Crippen molar-refractivity contribution in [2.24, 2.45) is 0 Å². The second-order valence-corrected chi connectivity index (χ2v) is 4.09. The van der Waals surface area contributed by atoms with E-state index in [4.69, 9.17) is 5.11 Å². The average molecular weight is 230 g/mol. The van der Waals surface area contributed by atoms with Crippen LogP contribution in [0.2, 0.25) is 0 Å². The van der Waals surface area contributed by atoms with Crippen molar-refractivity contribution in [1.82, 2.24) is 9.78 Å². The third-order valence-corrected chi connectivity index (χ3v) is 2.64. The molecule has 1 aromatic carbocycles. The molecular formula is C13H14N2O2. The first kappa shape index (κ1) is 11.4. The third kappa shape index (κ3) is 2.53. The number of aryl methyl sites for hydroxylation is 2. The molecule has 17 heavy (non-hydrogen) atoms. The van der Waals surface area contributed by atoms with Crippen molar-refractivity contribution in [3.8, 4) is 5.69 Å². The maximum Gasteiger partial charge on any atom is 0.307 e. The number of aromatic nitrogens is 2. The zero-order chi connectivity index (χ0) is 12.4. The second kappa shape index (κ2) is 4.41. The number of hydrogen-bond donors (Lipinski definition) is 1. The lowest BCUT2D eigenvalue weighted by molar-refractivity contribution is -0.136. The number of carboxylic acids is 1. The summed E-state index contributed by atoms with van der Waals surface area (Å²) < 4.78 is 1.72. The molecule has 0 aliphatic heterocycles. The molecule has 0 aliphatic rings. The first-order chi connectivity index (χ1) is 8.06. The van der Waals surface area contributed by atoms with E-state index in [1.54, 1.807) is 10.9 Å². The smallest absolute Gasteiger partial charge is 0.307 e. The Bertz CT molecular complexity index is 541. The molecule has 0 amide bonds. The van der Waals surface area contributed by atoms with Crippen LogP contribution < -0.4 is 0 Å². The van der Waals surface area contributed by atoms with Gasteiger partial charge in [0.2, 0.25) is 0 Å². The van der Waals surface area contributed by atoms with Crippen LogP contribution in [0.3, 0.4) is 0 Å². The summed E-state index contributed by atoms with van der Waals surface area (Å²) in [4.78, 5) is 10.7. The molecule has 88 valence electrons. The highest BCUT2D eigenvalue weighted by atomic mass is 16.4. The van der Waals surface area contributed by atoms with Crippen molar-refractivity contribution in [3.05, 3.63) is 47.3 Å². The first-order valence-corrected chi connectivity index (χ1v) is 5.40. The maximum atomic E-state index is 10.7. The van der Waals surface area contributed by atoms with Crippen LogP contribution in [0.25, 0.3) is 5.69 Å². The molecule has 0 radical (unpaired) electrons. The molecule has 0 spiro atoms. The fourth-order valence-electron chi connectivity index (χ4n) is 1.66. The summed E-state index contributed by atoms with van der Waals surface area (Å²) in [5.41, 5.74) is 3.63. The molecule has 1 aromatic heterocycles. The van der Waals surface area contributed by atoms with Gasteiger partial charge in [-0.25, -0.2) is 4.68 Å². The van der Waals surface area contributed by atoms with Gasteiger partial charge in [0, 0.05) is 11.8 Å². The van der Waals surface area contributed by atoms with Gasteiger partial charge in [-0.3, -0.25) is 4.79 Å². The van der Waals surface area contributed by atoms with Crippen molar-refractivity contribution < 1.29 is 9.90 Å². The fourth-order valence-corrected chi connectivity index (χ4v) is 1.66. The lowest BCUT2D eigenvalue weighted by atomic mass is 10.2. The van der Waals surface area contributed by atoms with Gasteiger partial charge in [0.1, 0.15) is 0 Å². The number of aliphatic carboxylic acids is 1. The predicted octanol–water partition coefficient (Wildman–Crippen LogP) is 2.12. The molecule has 2 rings (SSSR count). The lowest BCUT2D eigenvalue weighted by Crippen LogP contribution is -2.00. The molecule has 1 N–H and O–H groups in total. The van der Waals surface area contributed by atoms with E-state index in [1.807, 2.05) is 38.1 Å². The van der Waals surface area contributed by atoms with Gasteiger partial charge in [-0.2, -0.15) is 5.10 Å². The van der Waals surface area contributed by atoms with Gasteiger partial charge >= 0.3 is 5.97 Å². The minimum atomic E-state index is -0.837. The molecular weight excluding hydrogens is 216 g/mol. The molecule has 4 nitrogen and oxygen atoms in total. The predicted molar refractivity (Wildman–Crippen MR) is 64.4 cm³/mol. The Morgan fingerprint density at radius 3 is 2.53 bits per heavy atom. The standard InChI is InChI=1S/C13H14N2O2/c1-9-3-5-12(6-4-9)15-8-11(7-13(16)17)10(2)14-15/h3-6,8H,7H2,1-2H3,(H,16,17). The molecule has 4 heteroatoms. The Balaban J connectivity index is 2.34. The fraction of sp³-hybridized carbons (Fsp3) is 0.231. The van der Waals surface area contributed by atoms with Crippen LogP contribution in [-0.2, 0) is 11.2 Å². The van der Waals surface area contributed by atoms with E-state index in [1.165, 1.54) is 5.56 Å². The minimum Gasteiger partial charge on any atom is -0.481 e. The third-order valence-electron chi connectivity index (χ3n) is 2.64. The van der Waals surface area contributed by atoms with E-state index in [2.05, 4.69) is 5.10 Å². The van der Waals surface area contributed by atoms with Gasteiger partial charge < -0.3 is 5.11 Å². The lowest BCUT2D eigenvalue weighted by Gasteiger charge is -2.00. The summed E-state index contributed by atoms with van der Waals surface area (Å²) in [5.74, 6) is -0.837. The molecule has 1 heterocycles. The van der Waals surface area contributed by atoms with Crippen LogP contribution in [0.1, 0.15) is 16.8 Å². The summed E-state index contributed by atoms with van der Waals surface area (Å²) in [5, 5.41) is 13.1. The number of hydrogen-bond acceptors (Lipinski definition) is 2. The average Bonchev–Trinajstić information content (AvgIpc) is 2.60. The summed E-state index contributed by atoms with van der Waals surface area (Å²) in [6.45, 7) is 3.84. The van der Waals surface area contributed by atoms with E-state index in [0.717, 1.165) is 16.9 Å². The van der Waals surface area contributed by atoms with E-state index in [9.17, 15) is 4.79 Å². The highest BCUT2D eigenvalue weighted by Gasteiger charge is 2.09. The van der Waals surface area contributed by atoms with Gasteiger partial charge in [0.15, 0.2) is 0 Å². The van der Waals surface area contributed by atoms with Crippen molar-refractivity contribution in [2.75, 3.05) is 0 Å². The Morgan fingerprint density at radius 1 is 1.29 bits per heavy atom. The summed E-state index contributed by atoms with van der Waals surface area (Å²) in [6.07, 6.45) is 1.78. The van der Waals surface area contributed by atoms with Gasteiger partial charge in [-0.15, -0.1) is 0 Å². The van der Waals surface area contributed by atoms with Crippen LogP contribution in [-0.4, -0.2) is 20.9 Å². The van der Waals surface area contributed by atoms with Crippen molar-refractivity contribution in [3.63, 3.8) is 0 Å². The molecule has 0 bridgehead atoms. The number of carbonyl (C=O) groups is 1. The summed E-state index contributed by atoms with van der Waals surface area (Å²) in [7, 11) is 0. The molecule has 0 saturated carbocycles. The van der Waals surface area contributed by atoms with Gasteiger partial charge in [-0.1, -0.05) is 17.7 Å². The molecule has 0 aliphatic carbocycles. The summed E-state index contributed by atoms with van der Waals surface area (Å²) >= 11 is 0. The topological polar surface area (TPSA) is 55.1 Å². The Hall–Kier alpha value is -2.10. The Labute approximate surface area is 99.5 Å². The van der Waals surface area contributed by atoms with Gasteiger partial charge in [-0.05, 0) is 26.0 Å². The van der Waals surface area contributed by atoms with Crippen molar-refractivity contribution >= 4 is 5.97 Å². The second-order valence-electron chi connectivity index (χ2n) is 4.09.